The fraction of sp³-hybridized carbons (Fsp3) is 0.200. The molecule has 0 saturated heterocycles. The van der Waals surface area contributed by atoms with Gasteiger partial charge in [-0.2, -0.15) is 0 Å². The molecule has 0 aliphatic carbocycles. The summed E-state index contributed by atoms with van der Waals surface area (Å²) >= 11 is 0. The highest BCUT2D eigenvalue weighted by atomic mass is 19.1. The molecule has 0 heterocycles. The van der Waals surface area contributed by atoms with Gasteiger partial charge >= 0.3 is 0 Å². The maximum absolute atomic E-state index is 13.4. The van der Waals surface area contributed by atoms with E-state index in [1.807, 2.05) is 37.3 Å². The van der Waals surface area contributed by atoms with E-state index in [0.717, 1.165) is 22.5 Å². The van der Waals surface area contributed by atoms with Crippen LogP contribution in [0.4, 0.5) is 15.8 Å². The van der Waals surface area contributed by atoms with Gasteiger partial charge in [0.2, 0.25) is 0 Å². The van der Waals surface area contributed by atoms with Crippen LogP contribution in [0.25, 0.3) is 0 Å². The van der Waals surface area contributed by atoms with E-state index in [9.17, 15) is 4.39 Å². The summed E-state index contributed by atoms with van der Waals surface area (Å²) in [5, 5.41) is 3.27. The van der Waals surface area contributed by atoms with E-state index in [0.29, 0.717) is 13.0 Å². The van der Waals surface area contributed by atoms with E-state index >= 15 is 0 Å². The number of nitrogen functional groups attached to an aromatic ring is 1. The Labute approximate surface area is 107 Å². The molecular weight excluding hydrogens is 227 g/mol. The second-order valence-electron chi connectivity index (χ2n) is 4.34. The molecule has 94 valence electrons. The molecule has 3 N–H and O–H groups in total. The number of nitrogens with one attached hydrogen (secondary N) is 1. The summed E-state index contributed by atoms with van der Waals surface area (Å²) in [6.45, 7) is 2.67. The largest absolute Gasteiger partial charge is 0.399 e. The Morgan fingerprint density at radius 2 is 1.94 bits per heavy atom. The predicted molar refractivity (Wildman–Crippen MR) is 74.2 cm³/mol. The molecule has 2 rings (SSSR count). The monoisotopic (exact) mass is 244 g/mol. The van der Waals surface area contributed by atoms with Crippen molar-refractivity contribution in [2.24, 2.45) is 0 Å². The normalized spacial score (nSPS) is 10.3. The fourth-order valence-electron chi connectivity index (χ4n) is 1.83. The minimum Gasteiger partial charge on any atom is -0.399 e. The topological polar surface area (TPSA) is 38.0 Å². The van der Waals surface area contributed by atoms with Gasteiger partial charge in [-0.15, -0.1) is 0 Å². The second-order valence-corrected chi connectivity index (χ2v) is 4.34. The van der Waals surface area contributed by atoms with Crippen molar-refractivity contribution < 1.29 is 4.39 Å². The third kappa shape index (κ3) is 3.00. The first kappa shape index (κ1) is 12.4. The Hall–Kier alpha value is -2.03. The van der Waals surface area contributed by atoms with E-state index in [4.69, 9.17) is 5.73 Å². The van der Waals surface area contributed by atoms with Crippen LogP contribution in [0.15, 0.2) is 42.5 Å². The number of aryl methyl sites for hydroxylation is 1. The van der Waals surface area contributed by atoms with Gasteiger partial charge in [0, 0.05) is 17.9 Å². The van der Waals surface area contributed by atoms with Gasteiger partial charge in [0.05, 0.1) is 0 Å². The van der Waals surface area contributed by atoms with E-state index in [1.54, 1.807) is 6.07 Å². The van der Waals surface area contributed by atoms with E-state index in [1.165, 1.54) is 6.07 Å². The molecule has 0 fully saturated rings. The lowest BCUT2D eigenvalue weighted by molar-refractivity contribution is 0.610. The standard InChI is InChI=1S/C15H17FN2/c1-11-10-13(6-7-15(11)17)18-9-8-12-4-2-3-5-14(12)16/h2-7,10,18H,8-9,17H2,1H3. The maximum atomic E-state index is 13.4. The van der Waals surface area contributed by atoms with Crippen molar-refractivity contribution in [2.75, 3.05) is 17.6 Å². The number of anilines is 2. The highest BCUT2D eigenvalue weighted by molar-refractivity contribution is 5.56. The van der Waals surface area contributed by atoms with Crippen LogP contribution in [-0.4, -0.2) is 6.54 Å². The van der Waals surface area contributed by atoms with Gasteiger partial charge in [0.25, 0.3) is 0 Å². The summed E-state index contributed by atoms with van der Waals surface area (Å²) in [5.74, 6) is -0.146. The molecule has 0 atom stereocenters. The average molecular weight is 244 g/mol. The number of benzene rings is 2. The van der Waals surface area contributed by atoms with E-state index in [-0.39, 0.29) is 5.82 Å². The predicted octanol–water partition coefficient (Wildman–Crippen LogP) is 3.37. The summed E-state index contributed by atoms with van der Waals surface area (Å²) in [6.07, 6.45) is 0.663. The maximum Gasteiger partial charge on any atom is 0.126 e. The Kier molecular flexibility index (Phi) is 3.82. The zero-order valence-corrected chi connectivity index (χ0v) is 10.4. The van der Waals surface area contributed by atoms with Crippen molar-refractivity contribution >= 4 is 11.4 Å². The summed E-state index contributed by atoms with van der Waals surface area (Å²) in [7, 11) is 0. The highest BCUT2D eigenvalue weighted by Gasteiger charge is 2.00. The molecule has 18 heavy (non-hydrogen) atoms. The first-order valence-corrected chi connectivity index (χ1v) is 6.00. The fourth-order valence-corrected chi connectivity index (χ4v) is 1.83. The van der Waals surface area contributed by atoms with Crippen molar-refractivity contribution in [1.29, 1.82) is 0 Å². The van der Waals surface area contributed by atoms with Crippen LogP contribution in [0.2, 0.25) is 0 Å². The molecule has 0 radical (unpaired) electrons. The molecule has 0 amide bonds. The molecule has 2 aromatic rings. The van der Waals surface area contributed by atoms with Crippen molar-refractivity contribution in [3.63, 3.8) is 0 Å². The molecule has 0 aliphatic heterocycles. The number of nitrogens with two attached hydrogens (primary N) is 1. The Morgan fingerprint density at radius 3 is 2.67 bits per heavy atom. The average Bonchev–Trinajstić information content (AvgIpc) is 2.36. The minimum absolute atomic E-state index is 0.146. The van der Waals surface area contributed by atoms with Crippen molar-refractivity contribution in [1.82, 2.24) is 0 Å². The number of halogens is 1. The van der Waals surface area contributed by atoms with Crippen molar-refractivity contribution in [3.8, 4) is 0 Å². The van der Waals surface area contributed by atoms with E-state index in [2.05, 4.69) is 5.32 Å². The van der Waals surface area contributed by atoms with Gasteiger partial charge in [0.1, 0.15) is 5.82 Å². The van der Waals surface area contributed by atoms with Crippen molar-refractivity contribution in [3.05, 3.63) is 59.4 Å². The van der Waals surface area contributed by atoms with Crippen molar-refractivity contribution in [2.45, 2.75) is 13.3 Å². The zero-order valence-electron chi connectivity index (χ0n) is 10.4. The number of hydrogen-bond acceptors (Lipinski definition) is 2. The number of rotatable bonds is 4. The van der Waals surface area contributed by atoms with E-state index < -0.39 is 0 Å². The SMILES string of the molecule is Cc1cc(NCCc2ccccc2F)ccc1N. The van der Waals surface area contributed by atoms with Gasteiger partial charge in [-0.1, -0.05) is 18.2 Å². The quantitative estimate of drug-likeness (QED) is 0.809. The Morgan fingerprint density at radius 1 is 1.17 bits per heavy atom. The second kappa shape index (κ2) is 5.54. The summed E-state index contributed by atoms with van der Waals surface area (Å²) in [5.41, 5.74) is 9.33. The van der Waals surface area contributed by atoms with Crippen LogP contribution in [0.5, 0.6) is 0 Å². The lowest BCUT2D eigenvalue weighted by atomic mass is 10.1. The highest BCUT2D eigenvalue weighted by Crippen LogP contribution is 2.16. The molecular formula is C15H17FN2. The van der Waals surface area contributed by atoms with Crippen LogP contribution >= 0.6 is 0 Å². The van der Waals surface area contributed by atoms with Crippen LogP contribution in [-0.2, 0) is 6.42 Å². The molecule has 0 aromatic heterocycles. The van der Waals surface area contributed by atoms with Crippen LogP contribution in [0.1, 0.15) is 11.1 Å². The van der Waals surface area contributed by atoms with Gasteiger partial charge in [-0.05, 0) is 48.7 Å². The molecule has 0 bridgehead atoms. The van der Waals surface area contributed by atoms with Gasteiger partial charge in [-0.3, -0.25) is 0 Å². The molecule has 2 nitrogen and oxygen atoms in total. The molecule has 2 aromatic carbocycles. The summed E-state index contributed by atoms with van der Waals surface area (Å²) in [6, 6.07) is 12.7. The third-order valence-electron chi connectivity index (χ3n) is 2.95. The molecule has 0 unspecified atom stereocenters. The van der Waals surface area contributed by atoms with Gasteiger partial charge in [0.15, 0.2) is 0 Å². The molecule has 0 aliphatic rings. The van der Waals surface area contributed by atoms with Crippen LogP contribution in [0.3, 0.4) is 0 Å². The molecule has 0 saturated carbocycles. The Bertz CT molecular complexity index is 538. The van der Waals surface area contributed by atoms with Crippen LogP contribution < -0.4 is 11.1 Å². The van der Waals surface area contributed by atoms with Crippen LogP contribution in [0, 0.1) is 12.7 Å². The summed E-state index contributed by atoms with van der Waals surface area (Å²) in [4.78, 5) is 0. The first-order valence-electron chi connectivity index (χ1n) is 6.00. The van der Waals surface area contributed by atoms with Gasteiger partial charge < -0.3 is 11.1 Å². The van der Waals surface area contributed by atoms with Gasteiger partial charge in [-0.25, -0.2) is 4.39 Å². The third-order valence-corrected chi connectivity index (χ3v) is 2.95. The lowest BCUT2D eigenvalue weighted by Gasteiger charge is -2.09. The number of hydrogen-bond donors (Lipinski definition) is 2. The Balaban J connectivity index is 1.92. The summed E-state index contributed by atoms with van der Waals surface area (Å²) < 4.78 is 13.4. The lowest BCUT2D eigenvalue weighted by Crippen LogP contribution is -2.06. The minimum atomic E-state index is -0.146. The zero-order chi connectivity index (χ0) is 13.0. The molecule has 3 heteroatoms. The molecule has 0 spiro atoms. The smallest absolute Gasteiger partial charge is 0.126 e. The first-order chi connectivity index (χ1) is 8.66.